The second-order valence-electron chi connectivity index (χ2n) is 20.2. The van der Waals surface area contributed by atoms with Crippen LogP contribution in [0.1, 0.15) is 74.1 Å². The molecule has 2 unspecified atom stereocenters. The first kappa shape index (κ1) is 59.2. The number of ether oxygens (including phenoxy) is 8. The van der Waals surface area contributed by atoms with Gasteiger partial charge in [-0.05, 0) is 185 Å². The Morgan fingerprint density at radius 2 is 0.688 bits per heavy atom. The van der Waals surface area contributed by atoms with Crippen LogP contribution in [-0.2, 0) is 27.3 Å². The SMILES string of the molecule is CCCCOC(=O)C(C)Oc1ccc(OC(=O)c2ccc(-c3ccc(OC[Si](C)(C)O[Si](C)(C)O[Si](C)(C)COc4ccc(-c5ccc(C(=O)Oc6ccc(OC(C)C(=O)OCCCC)cc6)cc5)cc4)cc3)cc2)cc1. The molecular formula is C60H72O14Si3. The summed E-state index contributed by atoms with van der Waals surface area (Å²) < 4.78 is 59.1. The minimum Gasteiger partial charge on any atom is -0.494 e. The van der Waals surface area contributed by atoms with Crippen molar-refractivity contribution in [2.24, 2.45) is 0 Å². The summed E-state index contributed by atoms with van der Waals surface area (Å²) in [4.78, 5) is 50.2. The van der Waals surface area contributed by atoms with Crippen molar-refractivity contribution in [1.29, 1.82) is 0 Å². The molecule has 6 aromatic rings. The van der Waals surface area contributed by atoms with Crippen LogP contribution in [0.2, 0.25) is 39.3 Å². The van der Waals surface area contributed by atoms with Crippen LogP contribution >= 0.6 is 0 Å². The van der Waals surface area contributed by atoms with E-state index in [2.05, 4.69) is 39.3 Å². The zero-order chi connectivity index (χ0) is 55.6. The van der Waals surface area contributed by atoms with E-state index in [0.717, 1.165) is 59.4 Å². The predicted molar refractivity (Wildman–Crippen MR) is 304 cm³/mol. The highest BCUT2D eigenvalue weighted by Gasteiger charge is 2.41. The number of carbonyl (C=O) groups is 4. The molecule has 0 bridgehead atoms. The average Bonchev–Trinajstić information content (AvgIpc) is 3.40. The molecule has 2 atom stereocenters. The van der Waals surface area contributed by atoms with Gasteiger partial charge in [0.05, 0.1) is 24.3 Å². The Balaban J connectivity index is 0.904. The van der Waals surface area contributed by atoms with Crippen LogP contribution in [0, 0.1) is 0 Å². The first-order valence-corrected chi connectivity index (χ1v) is 35.1. The van der Waals surface area contributed by atoms with Crippen molar-refractivity contribution in [3.05, 3.63) is 157 Å². The van der Waals surface area contributed by atoms with Crippen LogP contribution in [0.25, 0.3) is 22.3 Å². The molecule has 0 saturated heterocycles. The van der Waals surface area contributed by atoms with Gasteiger partial charge in [-0.1, -0.05) is 75.2 Å². The molecule has 0 aromatic heterocycles. The number of carbonyl (C=O) groups excluding carboxylic acids is 4. The molecule has 14 nitrogen and oxygen atoms in total. The molecule has 6 aromatic carbocycles. The van der Waals surface area contributed by atoms with Gasteiger partial charge >= 0.3 is 32.4 Å². The molecule has 6 rings (SSSR count). The lowest BCUT2D eigenvalue weighted by molar-refractivity contribution is -0.151. The fraction of sp³-hybridized carbons (Fsp3) is 0.333. The lowest BCUT2D eigenvalue weighted by atomic mass is 10.0. The summed E-state index contributed by atoms with van der Waals surface area (Å²) in [5, 5.41) is 0. The molecule has 0 amide bonds. The number of unbranched alkanes of at least 4 members (excludes halogenated alkanes) is 2. The van der Waals surface area contributed by atoms with Crippen LogP contribution in [0.3, 0.4) is 0 Å². The average molecular weight is 1100 g/mol. The topological polar surface area (TPSA) is 161 Å². The predicted octanol–water partition coefficient (Wildman–Crippen LogP) is 13.4. The van der Waals surface area contributed by atoms with Gasteiger partial charge in [0.15, 0.2) is 12.2 Å². The maximum absolute atomic E-state index is 12.9. The lowest BCUT2D eigenvalue weighted by Crippen LogP contribution is -2.56. The minimum atomic E-state index is -2.60. The van der Waals surface area contributed by atoms with Gasteiger partial charge in [-0.15, -0.1) is 0 Å². The second-order valence-corrected chi connectivity index (χ2v) is 32.2. The van der Waals surface area contributed by atoms with E-state index in [1.807, 2.05) is 86.6 Å². The highest BCUT2D eigenvalue weighted by atomic mass is 28.5. The summed E-state index contributed by atoms with van der Waals surface area (Å²) in [5.74, 6) is 1.22. The van der Waals surface area contributed by atoms with Crippen molar-refractivity contribution >= 4 is 49.1 Å². The highest BCUT2D eigenvalue weighted by molar-refractivity contribution is 6.87. The molecule has 0 saturated carbocycles. The van der Waals surface area contributed by atoms with Crippen molar-refractivity contribution in [2.45, 2.75) is 105 Å². The molecule has 0 radical (unpaired) electrons. The summed E-state index contributed by atoms with van der Waals surface area (Å²) in [7, 11) is -7.29. The van der Waals surface area contributed by atoms with Gasteiger partial charge in [0.25, 0.3) is 0 Å². The molecular weight excluding hydrogens is 1030 g/mol. The monoisotopic (exact) mass is 1100 g/mol. The Kier molecular flexibility index (Phi) is 21.4. The zero-order valence-electron chi connectivity index (χ0n) is 45.9. The fourth-order valence-electron chi connectivity index (χ4n) is 7.89. The third-order valence-corrected chi connectivity index (χ3v) is 21.7. The minimum absolute atomic E-state index is 0.348. The number of hydrogen-bond donors (Lipinski definition) is 0. The third kappa shape index (κ3) is 19.2. The van der Waals surface area contributed by atoms with Gasteiger partial charge in [-0.25, -0.2) is 19.2 Å². The van der Waals surface area contributed by atoms with E-state index in [-0.39, 0.29) is 0 Å². The van der Waals surface area contributed by atoms with Crippen LogP contribution in [-0.4, -0.2) is 87.0 Å². The van der Waals surface area contributed by atoms with Gasteiger partial charge in [-0.3, -0.25) is 0 Å². The van der Waals surface area contributed by atoms with Crippen molar-refractivity contribution in [3.8, 4) is 56.8 Å². The van der Waals surface area contributed by atoms with Gasteiger partial charge in [-0.2, -0.15) is 0 Å². The van der Waals surface area contributed by atoms with E-state index in [4.69, 9.17) is 46.1 Å². The van der Waals surface area contributed by atoms with Crippen molar-refractivity contribution in [1.82, 2.24) is 0 Å². The summed E-state index contributed by atoms with van der Waals surface area (Å²) >= 11 is 0. The van der Waals surface area contributed by atoms with Crippen LogP contribution in [0.5, 0.6) is 34.5 Å². The van der Waals surface area contributed by atoms with Crippen molar-refractivity contribution < 1.29 is 65.3 Å². The molecule has 0 aliphatic rings. The molecule has 0 aliphatic carbocycles. The van der Waals surface area contributed by atoms with Gasteiger partial charge in [0, 0.05) is 0 Å². The maximum Gasteiger partial charge on any atom is 0.347 e. The Morgan fingerprint density at radius 1 is 0.403 bits per heavy atom. The van der Waals surface area contributed by atoms with Crippen LogP contribution < -0.4 is 28.4 Å². The summed E-state index contributed by atoms with van der Waals surface area (Å²) in [6.45, 7) is 20.7. The van der Waals surface area contributed by atoms with Gasteiger partial charge in [0.2, 0.25) is 16.6 Å². The first-order valence-electron chi connectivity index (χ1n) is 26.1. The number of esters is 4. The van der Waals surface area contributed by atoms with Crippen LogP contribution in [0.15, 0.2) is 146 Å². The van der Waals surface area contributed by atoms with Crippen LogP contribution in [0.4, 0.5) is 0 Å². The lowest BCUT2D eigenvalue weighted by Gasteiger charge is -2.38. The first-order chi connectivity index (χ1) is 36.7. The Morgan fingerprint density at radius 3 is 1.00 bits per heavy atom. The van der Waals surface area contributed by atoms with E-state index in [1.54, 1.807) is 86.6 Å². The molecule has 0 fully saturated rings. The smallest absolute Gasteiger partial charge is 0.347 e. The highest BCUT2D eigenvalue weighted by Crippen LogP contribution is 2.29. The van der Waals surface area contributed by atoms with E-state index in [1.165, 1.54) is 0 Å². The molecule has 77 heavy (non-hydrogen) atoms. The Bertz CT molecular complexity index is 2640. The molecule has 0 heterocycles. The van der Waals surface area contributed by atoms with E-state index < -0.39 is 61.3 Å². The van der Waals surface area contributed by atoms with Gasteiger partial charge in [0.1, 0.15) is 47.0 Å². The number of benzene rings is 6. The normalized spacial score (nSPS) is 12.4. The van der Waals surface area contributed by atoms with Crippen molar-refractivity contribution in [3.63, 3.8) is 0 Å². The summed E-state index contributed by atoms with van der Waals surface area (Å²) in [6.07, 6.45) is 2.81. The summed E-state index contributed by atoms with van der Waals surface area (Å²) in [6, 6.07) is 43.1. The Hall–Kier alpha value is -7.03. The van der Waals surface area contributed by atoms with E-state index >= 15 is 0 Å². The van der Waals surface area contributed by atoms with Gasteiger partial charge < -0.3 is 46.1 Å². The van der Waals surface area contributed by atoms with E-state index in [0.29, 0.717) is 59.8 Å². The zero-order valence-corrected chi connectivity index (χ0v) is 48.9. The molecule has 0 N–H and O–H groups in total. The van der Waals surface area contributed by atoms with E-state index in [9.17, 15) is 19.2 Å². The number of hydrogen-bond acceptors (Lipinski definition) is 14. The Labute approximate surface area is 456 Å². The fourth-order valence-corrected chi connectivity index (χ4v) is 20.6. The standard InChI is InChI=1S/C60H72O14Si3/c1-11-13-39-65-57(61)43(3)69-53-31-35-55(36-32-53)71-59(63)49-19-15-45(16-20-49)47-23-27-51(28-24-47)67-41-75(5,6)73-77(9,10)74-76(7,8)42-68-52-29-25-48(26-30-52)46-17-21-50(22-18-46)60(64)72-56-37-33-54(34-38-56)70-44(4)58(62)66-40-14-12-2/h15-38,43-44H,11-14,39-42H2,1-10H3. The number of rotatable bonds is 28. The maximum atomic E-state index is 12.9. The molecule has 17 heteroatoms. The largest absolute Gasteiger partial charge is 0.494 e. The molecule has 408 valence electrons. The second kappa shape index (κ2) is 27.8. The van der Waals surface area contributed by atoms with Crippen molar-refractivity contribution in [2.75, 3.05) is 25.7 Å². The quantitative estimate of drug-likeness (QED) is 0.0197. The third-order valence-electron chi connectivity index (χ3n) is 11.7. The molecule has 0 spiro atoms. The summed E-state index contributed by atoms with van der Waals surface area (Å²) in [5.41, 5.74) is 4.59. The molecule has 0 aliphatic heterocycles.